The molecule has 1 N–H and O–H groups in total. The molecule has 1 heterocycles. The topological polar surface area (TPSA) is 15.3 Å². The molecule has 2 aliphatic rings. The standard InChI is InChI=1S/C15H30N2/c1-3-16-15-10-7-9-14(15)12-17-11-6-4-5-8-13(17)2/h13-16H,3-12H2,1-2H3. The first-order chi connectivity index (χ1) is 8.31. The number of hydrogen-bond donors (Lipinski definition) is 1. The van der Waals surface area contributed by atoms with Crippen LogP contribution in [-0.4, -0.2) is 36.6 Å². The molecule has 2 rings (SSSR count). The molecule has 3 atom stereocenters. The van der Waals surface area contributed by atoms with Crippen molar-refractivity contribution >= 4 is 0 Å². The third kappa shape index (κ3) is 3.69. The number of likely N-dealkylation sites (tertiary alicyclic amines) is 1. The lowest BCUT2D eigenvalue weighted by Crippen LogP contribution is -2.42. The van der Waals surface area contributed by atoms with Gasteiger partial charge < -0.3 is 10.2 Å². The van der Waals surface area contributed by atoms with Gasteiger partial charge in [0.05, 0.1) is 0 Å². The van der Waals surface area contributed by atoms with Crippen LogP contribution in [0.4, 0.5) is 0 Å². The lowest BCUT2D eigenvalue weighted by Gasteiger charge is -2.32. The molecule has 0 aromatic rings. The molecule has 17 heavy (non-hydrogen) atoms. The van der Waals surface area contributed by atoms with Crippen LogP contribution < -0.4 is 5.32 Å². The van der Waals surface area contributed by atoms with Crippen LogP contribution in [0.25, 0.3) is 0 Å². The highest BCUT2D eigenvalue weighted by molar-refractivity contribution is 4.86. The van der Waals surface area contributed by atoms with Crippen LogP contribution in [0.2, 0.25) is 0 Å². The summed E-state index contributed by atoms with van der Waals surface area (Å²) in [5.41, 5.74) is 0. The van der Waals surface area contributed by atoms with Crippen LogP contribution in [0.1, 0.15) is 58.8 Å². The average Bonchev–Trinajstić information content (AvgIpc) is 2.64. The van der Waals surface area contributed by atoms with Crippen LogP contribution in [0.3, 0.4) is 0 Å². The van der Waals surface area contributed by atoms with E-state index in [1.165, 1.54) is 58.0 Å². The Morgan fingerprint density at radius 1 is 1.06 bits per heavy atom. The fraction of sp³-hybridized carbons (Fsp3) is 1.00. The first-order valence-electron chi connectivity index (χ1n) is 7.78. The second-order valence-electron chi connectivity index (χ2n) is 6.05. The maximum absolute atomic E-state index is 3.69. The molecule has 1 saturated carbocycles. The largest absolute Gasteiger partial charge is 0.314 e. The van der Waals surface area contributed by atoms with Crippen LogP contribution in [0.15, 0.2) is 0 Å². The van der Waals surface area contributed by atoms with Crippen molar-refractivity contribution in [3.63, 3.8) is 0 Å². The van der Waals surface area contributed by atoms with Crippen LogP contribution >= 0.6 is 0 Å². The molecule has 0 bridgehead atoms. The van der Waals surface area contributed by atoms with E-state index in [1.807, 2.05) is 0 Å². The van der Waals surface area contributed by atoms with Crippen LogP contribution in [0, 0.1) is 5.92 Å². The maximum atomic E-state index is 3.69. The third-order valence-corrected chi connectivity index (χ3v) is 4.78. The Morgan fingerprint density at radius 2 is 1.94 bits per heavy atom. The van der Waals surface area contributed by atoms with Gasteiger partial charge in [-0.25, -0.2) is 0 Å². The second kappa shape index (κ2) is 6.75. The van der Waals surface area contributed by atoms with E-state index in [4.69, 9.17) is 0 Å². The minimum atomic E-state index is 0.801. The SMILES string of the molecule is CCNC1CCCC1CN1CCCCCC1C. The molecule has 2 fully saturated rings. The predicted molar refractivity (Wildman–Crippen MR) is 74.3 cm³/mol. The Balaban J connectivity index is 1.85. The highest BCUT2D eigenvalue weighted by atomic mass is 15.2. The quantitative estimate of drug-likeness (QED) is 0.810. The molecular formula is C15H30N2. The van der Waals surface area contributed by atoms with Crippen molar-refractivity contribution in [1.29, 1.82) is 0 Å². The molecule has 2 heteroatoms. The summed E-state index contributed by atoms with van der Waals surface area (Å²) in [7, 11) is 0. The molecule has 0 radical (unpaired) electrons. The molecule has 3 unspecified atom stereocenters. The molecule has 1 aliphatic carbocycles. The Bertz CT molecular complexity index is 217. The normalized spacial score (nSPS) is 36.0. The maximum Gasteiger partial charge on any atom is 0.0107 e. The third-order valence-electron chi connectivity index (χ3n) is 4.78. The van der Waals surface area contributed by atoms with Gasteiger partial charge in [0, 0.05) is 18.6 Å². The Morgan fingerprint density at radius 3 is 2.76 bits per heavy atom. The molecule has 0 amide bonds. The van der Waals surface area contributed by atoms with Crippen molar-refractivity contribution in [3.8, 4) is 0 Å². The van der Waals surface area contributed by atoms with E-state index in [2.05, 4.69) is 24.1 Å². The monoisotopic (exact) mass is 238 g/mol. The molecular weight excluding hydrogens is 208 g/mol. The number of rotatable bonds is 4. The van der Waals surface area contributed by atoms with E-state index in [-0.39, 0.29) is 0 Å². The number of hydrogen-bond acceptors (Lipinski definition) is 2. The van der Waals surface area contributed by atoms with Gasteiger partial charge in [-0.1, -0.05) is 26.2 Å². The summed E-state index contributed by atoms with van der Waals surface area (Å²) in [5, 5.41) is 3.69. The molecule has 1 aliphatic heterocycles. The van der Waals surface area contributed by atoms with Crippen LogP contribution in [-0.2, 0) is 0 Å². The predicted octanol–water partition coefficient (Wildman–Crippen LogP) is 3.03. The smallest absolute Gasteiger partial charge is 0.0107 e. The minimum absolute atomic E-state index is 0.801. The summed E-state index contributed by atoms with van der Waals surface area (Å²) in [6.45, 7) is 8.50. The molecule has 1 saturated heterocycles. The fourth-order valence-electron chi connectivity index (χ4n) is 3.69. The Kier molecular flexibility index (Phi) is 5.30. The number of nitrogens with one attached hydrogen (secondary N) is 1. The summed E-state index contributed by atoms with van der Waals surface area (Å²) < 4.78 is 0. The van der Waals surface area contributed by atoms with E-state index < -0.39 is 0 Å². The first kappa shape index (κ1) is 13.4. The molecule has 0 spiro atoms. The second-order valence-corrected chi connectivity index (χ2v) is 6.05. The van der Waals surface area contributed by atoms with Gasteiger partial charge in [-0.05, 0) is 51.6 Å². The van der Waals surface area contributed by atoms with Crippen molar-refractivity contribution in [3.05, 3.63) is 0 Å². The van der Waals surface area contributed by atoms with Crippen molar-refractivity contribution < 1.29 is 0 Å². The summed E-state index contributed by atoms with van der Waals surface area (Å²) in [6.07, 6.45) is 10.0. The van der Waals surface area contributed by atoms with Gasteiger partial charge in [0.15, 0.2) is 0 Å². The van der Waals surface area contributed by atoms with Crippen molar-refractivity contribution in [2.24, 2.45) is 5.92 Å². The fourth-order valence-corrected chi connectivity index (χ4v) is 3.69. The zero-order valence-corrected chi connectivity index (χ0v) is 11.8. The Labute approximate surface area is 107 Å². The zero-order valence-electron chi connectivity index (χ0n) is 11.8. The van der Waals surface area contributed by atoms with Gasteiger partial charge >= 0.3 is 0 Å². The number of nitrogens with zero attached hydrogens (tertiary/aromatic N) is 1. The van der Waals surface area contributed by atoms with Gasteiger partial charge in [0.1, 0.15) is 0 Å². The molecule has 0 aromatic carbocycles. The van der Waals surface area contributed by atoms with E-state index in [0.717, 1.165) is 24.5 Å². The van der Waals surface area contributed by atoms with E-state index >= 15 is 0 Å². The van der Waals surface area contributed by atoms with Crippen molar-refractivity contribution in [2.75, 3.05) is 19.6 Å². The highest BCUT2D eigenvalue weighted by Gasteiger charge is 2.29. The van der Waals surface area contributed by atoms with Crippen molar-refractivity contribution in [1.82, 2.24) is 10.2 Å². The minimum Gasteiger partial charge on any atom is -0.314 e. The van der Waals surface area contributed by atoms with E-state index in [0.29, 0.717) is 0 Å². The van der Waals surface area contributed by atoms with Gasteiger partial charge in [-0.3, -0.25) is 0 Å². The highest BCUT2D eigenvalue weighted by Crippen LogP contribution is 2.28. The molecule has 2 nitrogen and oxygen atoms in total. The molecule has 0 aromatic heterocycles. The summed E-state index contributed by atoms with van der Waals surface area (Å²) in [5.74, 6) is 0.912. The lowest BCUT2D eigenvalue weighted by molar-refractivity contribution is 0.169. The van der Waals surface area contributed by atoms with Gasteiger partial charge in [-0.15, -0.1) is 0 Å². The van der Waals surface area contributed by atoms with E-state index in [9.17, 15) is 0 Å². The first-order valence-corrected chi connectivity index (χ1v) is 7.78. The molecule has 100 valence electrons. The van der Waals surface area contributed by atoms with Gasteiger partial charge in [-0.2, -0.15) is 0 Å². The van der Waals surface area contributed by atoms with Gasteiger partial charge in [0.25, 0.3) is 0 Å². The Hall–Kier alpha value is -0.0800. The van der Waals surface area contributed by atoms with E-state index in [1.54, 1.807) is 0 Å². The zero-order chi connectivity index (χ0) is 12.1. The average molecular weight is 238 g/mol. The van der Waals surface area contributed by atoms with Gasteiger partial charge in [0.2, 0.25) is 0 Å². The summed E-state index contributed by atoms with van der Waals surface area (Å²) >= 11 is 0. The van der Waals surface area contributed by atoms with Crippen LogP contribution in [0.5, 0.6) is 0 Å². The van der Waals surface area contributed by atoms with Crippen molar-refractivity contribution in [2.45, 2.75) is 70.9 Å². The lowest BCUT2D eigenvalue weighted by atomic mass is 10.0. The summed E-state index contributed by atoms with van der Waals surface area (Å²) in [4.78, 5) is 2.77. The summed E-state index contributed by atoms with van der Waals surface area (Å²) in [6, 6.07) is 1.62.